The van der Waals surface area contributed by atoms with Crippen molar-refractivity contribution in [3.05, 3.63) is 76.6 Å². The average molecular weight is 457 g/mol. The lowest BCUT2D eigenvalue weighted by molar-refractivity contribution is 0.0985. The first-order valence-corrected chi connectivity index (χ1v) is 11.4. The third kappa shape index (κ3) is 3.87. The Balaban J connectivity index is 1.45. The van der Waals surface area contributed by atoms with Crippen molar-refractivity contribution in [2.75, 3.05) is 25.7 Å². The highest BCUT2D eigenvalue weighted by Crippen LogP contribution is 2.32. The maximum absolute atomic E-state index is 13.5. The zero-order valence-corrected chi connectivity index (χ0v) is 20.0. The monoisotopic (exact) mass is 456 g/mol. The number of carbonyl (C=O) groups excluding carboxylic acids is 1. The predicted molar refractivity (Wildman–Crippen MR) is 132 cm³/mol. The van der Waals surface area contributed by atoms with Gasteiger partial charge in [0, 0.05) is 35.4 Å². The van der Waals surface area contributed by atoms with Crippen molar-refractivity contribution >= 4 is 22.6 Å². The Labute approximate surface area is 198 Å². The van der Waals surface area contributed by atoms with E-state index in [4.69, 9.17) is 9.47 Å². The third-order valence-electron chi connectivity index (χ3n) is 6.48. The molecule has 0 saturated heterocycles. The van der Waals surface area contributed by atoms with Crippen LogP contribution in [0.4, 0.5) is 5.69 Å². The van der Waals surface area contributed by atoms with Crippen molar-refractivity contribution in [1.82, 2.24) is 14.8 Å². The summed E-state index contributed by atoms with van der Waals surface area (Å²) in [6.45, 7) is 5.41. The standard InChI is InChI=1S/C27H28N4O3/c1-17-10-18(2)23-6-5-9-30(24(23)11-17)27(32)21-12-20-15-29-31(26(20)28-14-21)16-19-7-8-22(33-3)13-25(19)34-4/h7-8,10-15H,5-6,9,16H2,1-4H3. The molecule has 0 aliphatic carbocycles. The number of hydrogen-bond donors (Lipinski definition) is 0. The fraction of sp³-hybridized carbons (Fsp3) is 0.296. The summed E-state index contributed by atoms with van der Waals surface area (Å²) < 4.78 is 12.6. The Kier molecular flexibility index (Phi) is 5.69. The van der Waals surface area contributed by atoms with E-state index in [1.54, 1.807) is 26.6 Å². The molecule has 0 atom stereocenters. The zero-order valence-electron chi connectivity index (χ0n) is 20.0. The highest BCUT2D eigenvalue weighted by Gasteiger charge is 2.25. The maximum atomic E-state index is 13.5. The number of rotatable bonds is 5. The number of aryl methyl sites for hydroxylation is 2. The molecule has 0 bridgehead atoms. The Morgan fingerprint density at radius 1 is 1.06 bits per heavy atom. The van der Waals surface area contributed by atoms with Gasteiger partial charge in [-0.3, -0.25) is 4.79 Å². The molecule has 1 aliphatic heterocycles. The Morgan fingerprint density at radius 2 is 1.91 bits per heavy atom. The topological polar surface area (TPSA) is 69.5 Å². The molecular weight excluding hydrogens is 428 g/mol. The Hall–Kier alpha value is -3.87. The van der Waals surface area contributed by atoms with Gasteiger partial charge in [-0.2, -0.15) is 5.10 Å². The van der Waals surface area contributed by atoms with E-state index in [0.717, 1.165) is 46.6 Å². The van der Waals surface area contributed by atoms with Crippen LogP contribution < -0.4 is 14.4 Å². The van der Waals surface area contributed by atoms with Gasteiger partial charge in [-0.15, -0.1) is 0 Å². The van der Waals surface area contributed by atoms with Crippen LogP contribution in [0.1, 0.15) is 39.0 Å². The Bertz CT molecular complexity index is 1390. The van der Waals surface area contributed by atoms with Crippen LogP contribution in [0.15, 0.2) is 48.8 Å². The number of hydrogen-bond acceptors (Lipinski definition) is 5. The number of benzene rings is 2. The molecule has 3 heterocycles. The maximum Gasteiger partial charge on any atom is 0.259 e. The molecule has 2 aromatic carbocycles. The molecule has 7 nitrogen and oxygen atoms in total. The summed E-state index contributed by atoms with van der Waals surface area (Å²) in [6.07, 6.45) is 5.38. The number of methoxy groups -OCH3 is 2. The van der Waals surface area contributed by atoms with Crippen molar-refractivity contribution in [2.45, 2.75) is 33.2 Å². The molecule has 1 amide bonds. The number of amides is 1. The Morgan fingerprint density at radius 3 is 2.71 bits per heavy atom. The minimum Gasteiger partial charge on any atom is -0.497 e. The lowest BCUT2D eigenvalue weighted by Crippen LogP contribution is -2.36. The van der Waals surface area contributed by atoms with Crippen molar-refractivity contribution in [1.29, 1.82) is 0 Å². The van der Waals surface area contributed by atoms with Crippen molar-refractivity contribution in [2.24, 2.45) is 0 Å². The van der Waals surface area contributed by atoms with E-state index >= 15 is 0 Å². The first kappa shape index (κ1) is 21.9. The summed E-state index contributed by atoms with van der Waals surface area (Å²) in [7, 11) is 3.26. The van der Waals surface area contributed by atoms with Crippen LogP contribution >= 0.6 is 0 Å². The molecule has 0 unspecified atom stereocenters. The second-order valence-electron chi connectivity index (χ2n) is 8.76. The van der Waals surface area contributed by atoms with E-state index in [1.807, 2.05) is 33.8 Å². The van der Waals surface area contributed by atoms with Crippen LogP contribution in [-0.4, -0.2) is 41.4 Å². The van der Waals surface area contributed by atoms with Gasteiger partial charge in [0.25, 0.3) is 5.91 Å². The minimum atomic E-state index is -0.0232. The molecule has 5 rings (SSSR count). The molecule has 1 aliphatic rings. The number of fused-ring (bicyclic) bond motifs is 2. The normalized spacial score (nSPS) is 13.1. The van der Waals surface area contributed by atoms with E-state index in [2.05, 4.69) is 36.1 Å². The van der Waals surface area contributed by atoms with E-state index in [0.29, 0.717) is 18.7 Å². The summed E-state index contributed by atoms with van der Waals surface area (Å²) in [5.74, 6) is 1.44. The van der Waals surface area contributed by atoms with Crippen LogP contribution in [0.3, 0.4) is 0 Å². The quantitative estimate of drug-likeness (QED) is 0.435. The molecule has 4 aromatic rings. The second-order valence-corrected chi connectivity index (χ2v) is 8.76. The highest BCUT2D eigenvalue weighted by atomic mass is 16.5. The number of pyridine rings is 1. The van der Waals surface area contributed by atoms with E-state index in [1.165, 1.54) is 16.7 Å². The number of anilines is 1. The van der Waals surface area contributed by atoms with Gasteiger partial charge in [-0.1, -0.05) is 6.07 Å². The summed E-state index contributed by atoms with van der Waals surface area (Å²) in [5, 5.41) is 5.35. The van der Waals surface area contributed by atoms with Crippen molar-refractivity contribution in [3.63, 3.8) is 0 Å². The van der Waals surface area contributed by atoms with E-state index in [-0.39, 0.29) is 5.91 Å². The van der Waals surface area contributed by atoms with Crippen LogP contribution in [0.25, 0.3) is 11.0 Å². The van der Waals surface area contributed by atoms with E-state index < -0.39 is 0 Å². The second kappa shape index (κ2) is 8.82. The van der Waals surface area contributed by atoms with Gasteiger partial charge in [-0.25, -0.2) is 9.67 Å². The van der Waals surface area contributed by atoms with Gasteiger partial charge >= 0.3 is 0 Å². The minimum absolute atomic E-state index is 0.0232. The zero-order chi connectivity index (χ0) is 23.8. The molecule has 0 saturated carbocycles. The van der Waals surface area contributed by atoms with Crippen molar-refractivity contribution in [3.8, 4) is 11.5 Å². The van der Waals surface area contributed by atoms with Crippen LogP contribution in [-0.2, 0) is 13.0 Å². The molecule has 0 fully saturated rings. The highest BCUT2D eigenvalue weighted by molar-refractivity contribution is 6.08. The number of carbonyl (C=O) groups is 1. The van der Waals surface area contributed by atoms with Crippen LogP contribution in [0.2, 0.25) is 0 Å². The molecule has 7 heteroatoms. The number of aromatic nitrogens is 3. The summed E-state index contributed by atoms with van der Waals surface area (Å²) in [6, 6.07) is 11.9. The summed E-state index contributed by atoms with van der Waals surface area (Å²) >= 11 is 0. The van der Waals surface area contributed by atoms with Gasteiger partial charge < -0.3 is 14.4 Å². The molecule has 0 N–H and O–H groups in total. The average Bonchev–Trinajstić information content (AvgIpc) is 3.25. The lowest BCUT2D eigenvalue weighted by Gasteiger charge is -2.31. The van der Waals surface area contributed by atoms with E-state index in [9.17, 15) is 4.79 Å². The molecule has 2 aromatic heterocycles. The molecule has 0 spiro atoms. The summed E-state index contributed by atoms with van der Waals surface area (Å²) in [5.41, 5.74) is 6.96. The fourth-order valence-corrected chi connectivity index (χ4v) is 4.79. The fourth-order valence-electron chi connectivity index (χ4n) is 4.79. The van der Waals surface area contributed by atoms with Gasteiger partial charge in [0.05, 0.1) is 32.5 Å². The SMILES string of the molecule is COc1ccc(Cn2ncc3cc(C(=O)N4CCCc5c(C)cc(C)cc54)cnc32)c(OC)c1. The predicted octanol–water partition coefficient (Wildman–Crippen LogP) is 4.71. The lowest BCUT2D eigenvalue weighted by atomic mass is 9.94. The van der Waals surface area contributed by atoms with Gasteiger partial charge in [0.1, 0.15) is 11.5 Å². The smallest absolute Gasteiger partial charge is 0.259 e. The number of nitrogens with zero attached hydrogens (tertiary/aromatic N) is 4. The van der Waals surface area contributed by atoms with Crippen LogP contribution in [0, 0.1) is 13.8 Å². The van der Waals surface area contributed by atoms with Crippen LogP contribution in [0.5, 0.6) is 11.5 Å². The van der Waals surface area contributed by atoms with Crippen molar-refractivity contribution < 1.29 is 14.3 Å². The first-order valence-electron chi connectivity index (χ1n) is 11.4. The third-order valence-corrected chi connectivity index (χ3v) is 6.48. The molecule has 0 radical (unpaired) electrons. The summed E-state index contributed by atoms with van der Waals surface area (Å²) in [4.78, 5) is 20.0. The van der Waals surface area contributed by atoms with Gasteiger partial charge in [0.2, 0.25) is 0 Å². The molecule has 34 heavy (non-hydrogen) atoms. The first-order chi connectivity index (χ1) is 16.5. The van der Waals surface area contributed by atoms with Gasteiger partial charge in [0.15, 0.2) is 5.65 Å². The largest absolute Gasteiger partial charge is 0.497 e. The number of ether oxygens (including phenoxy) is 2. The molecule has 174 valence electrons. The molecular formula is C27H28N4O3. The van der Waals surface area contributed by atoms with Gasteiger partial charge in [-0.05, 0) is 67.6 Å².